The number of Topliss-reactive ketones (excluding diaryl/α,β-unsaturated/α-hetero) is 1. The molecule has 0 aromatic rings. The quantitative estimate of drug-likeness (QED) is 0.677. The Bertz CT molecular complexity index is 747. The standard InChI is InChI=1S/C17H20N4O2/c1-11(22)12(7-18)5-6-13-8-19-16-15(13)21-14(9-20-16)23-10-17(2,3)4/h5,8-9,21H,6,10H2,1-4H3. The van der Waals surface area contributed by atoms with Crippen molar-refractivity contribution in [3.8, 4) is 23.5 Å². The normalized spacial score (nSPS) is 12.2. The van der Waals surface area contributed by atoms with Crippen LogP contribution in [0.25, 0.3) is 11.5 Å². The number of nitrogens with zero attached hydrogens (tertiary/aromatic N) is 3. The van der Waals surface area contributed by atoms with Crippen molar-refractivity contribution in [2.75, 3.05) is 6.61 Å². The molecule has 0 radical (unpaired) electrons. The maximum absolute atomic E-state index is 11.3. The Morgan fingerprint density at radius 1 is 1.39 bits per heavy atom. The molecule has 0 atom stereocenters. The molecule has 6 heteroatoms. The van der Waals surface area contributed by atoms with Crippen molar-refractivity contribution < 1.29 is 9.53 Å². The number of rotatable bonds is 5. The number of carbonyl (C=O) groups excluding carboxylic acids is 1. The smallest absolute Gasteiger partial charge is 0.210 e. The molecule has 0 amide bonds. The number of hydrogen-bond donors (Lipinski definition) is 1. The van der Waals surface area contributed by atoms with Crippen LogP contribution in [0, 0.1) is 16.7 Å². The van der Waals surface area contributed by atoms with Crippen LogP contribution < -0.4 is 4.74 Å². The Hall–Kier alpha value is -2.68. The van der Waals surface area contributed by atoms with Crippen LogP contribution in [0.4, 0.5) is 0 Å². The number of nitrogens with one attached hydrogen (secondary N) is 1. The van der Waals surface area contributed by atoms with E-state index in [1.165, 1.54) is 6.92 Å². The Balaban J connectivity index is 2.23. The first-order chi connectivity index (χ1) is 10.8. The molecule has 0 fully saturated rings. The van der Waals surface area contributed by atoms with Gasteiger partial charge in [-0.25, -0.2) is 9.97 Å². The van der Waals surface area contributed by atoms with Crippen molar-refractivity contribution in [3.63, 3.8) is 0 Å². The van der Waals surface area contributed by atoms with Gasteiger partial charge in [-0.15, -0.1) is 0 Å². The molecule has 0 bridgehead atoms. The summed E-state index contributed by atoms with van der Waals surface area (Å²) in [6.07, 6.45) is 5.33. The molecule has 6 nitrogen and oxygen atoms in total. The average molecular weight is 312 g/mol. The second kappa shape index (κ2) is 6.61. The number of ether oxygens (including phenoxy) is 1. The van der Waals surface area contributed by atoms with Gasteiger partial charge in [-0.05, 0) is 18.8 Å². The molecule has 0 aromatic carbocycles. The lowest BCUT2D eigenvalue weighted by molar-refractivity contribution is -0.113. The van der Waals surface area contributed by atoms with Gasteiger partial charge in [0.1, 0.15) is 6.07 Å². The van der Waals surface area contributed by atoms with Crippen LogP contribution in [0.5, 0.6) is 5.88 Å². The molecule has 2 heterocycles. The van der Waals surface area contributed by atoms with E-state index in [1.54, 1.807) is 18.5 Å². The Kier molecular flexibility index (Phi) is 4.80. The van der Waals surface area contributed by atoms with Gasteiger partial charge in [-0.3, -0.25) is 4.79 Å². The molecule has 0 spiro atoms. The van der Waals surface area contributed by atoms with Gasteiger partial charge in [-0.2, -0.15) is 5.26 Å². The highest BCUT2D eigenvalue weighted by Gasteiger charge is 2.16. The zero-order valence-electron chi connectivity index (χ0n) is 13.8. The van der Waals surface area contributed by atoms with Crippen LogP contribution in [0.15, 0.2) is 24.0 Å². The van der Waals surface area contributed by atoms with Crippen LogP contribution in [-0.4, -0.2) is 27.3 Å². The molecule has 0 aliphatic carbocycles. The Morgan fingerprint density at radius 2 is 2.09 bits per heavy atom. The number of ketones is 1. The second-order valence-corrected chi connectivity index (χ2v) is 6.57. The summed E-state index contributed by atoms with van der Waals surface area (Å²) in [5.74, 6) is 0.906. The highest BCUT2D eigenvalue weighted by molar-refractivity contribution is 5.97. The van der Waals surface area contributed by atoms with Crippen LogP contribution >= 0.6 is 0 Å². The van der Waals surface area contributed by atoms with E-state index in [2.05, 4.69) is 35.7 Å². The topological polar surface area (TPSA) is 91.7 Å². The fourth-order valence-corrected chi connectivity index (χ4v) is 1.92. The fourth-order valence-electron chi connectivity index (χ4n) is 1.92. The van der Waals surface area contributed by atoms with Crippen molar-refractivity contribution in [1.29, 1.82) is 5.26 Å². The van der Waals surface area contributed by atoms with Crippen molar-refractivity contribution in [2.45, 2.75) is 34.1 Å². The molecule has 120 valence electrons. The van der Waals surface area contributed by atoms with E-state index in [4.69, 9.17) is 10.00 Å². The largest absolute Gasteiger partial charge is 0.477 e. The highest BCUT2D eigenvalue weighted by Crippen LogP contribution is 2.25. The average Bonchev–Trinajstić information content (AvgIpc) is 2.87. The lowest BCUT2D eigenvalue weighted by Crippen LogP contribution is -2.17. The lowest BCUT2D eigenvalue weighted by Gasteiger charge is -2.18. The third kappa shape index (κ3) is 4.39. The van der Waals surface area contributed by atoms with Crippen LogP contribution in [-0.2, 0) is 11.2 Å². The molecular formula is C17H20N4O2. The number of hydrogen-bond acceptors (Lipinski definition) is 5. The predicted molar refractivity (Wildman–Crippen MR) is 86.0 cm³/mol. The van der Waals surface area contributed by atoms with Crippen molar-refractivity contribution in [3.05, 3.63) is 29.6 Å². The van der Waals surface area contributed by atoms with Gasteiger partial charge >= 0.3 is 0 Å². The van der Waals surface area contributed by atoms with Gasteiger partial charge in [-0.1, -0.05) is 26.8 Å². The van der Waals surface area contributed by atoms with Gasteiger partial charge < -0.3 is 9.72 Å². The fraction of sp³-hybridized carbons (Fsp3) is 0.412. The minimum Gasteiger partial charge on any atom is -0.477 e. The number of aromatic amines is 1. The zero-order chi connectivity index (χ0) is 17.0. The summed E-state index contributed by atoms with van der Waals surface area (Å²) in [6.45, 7) is 8.20. The van der Waals surface area contributed by atoms with E-state index in [1.807, 2.05) is 6.07 Å². The van der Waals surface area contributed by atoms with Crippen LogP contribution in [0.1, 0.15) is 33.3 Å². The first-order valence-electron chi connectivity index (χ1n) is 7.37. The van der Waals surface area contributed by atoms with Gasteiger partial charge in [0.15, 0.2) is 11.6 Å². The van der Waals surface area contributed by atoms with Gasteiger partial charge in [0.05, 0.1) is 24.1 Å². The van der Waals surface area contributed by atoms with Gasteiger partial charge in [0.2, 0.25) is 5.88 Å². The molecule has 0 aromatic heterocycles. The van der Waals surface area contributed by atoms with Gasteiger partial charge in [0.25, 0.3) is 0 Å². The first kappa shape index (κ1) is 16.7. The van der Waals surface area contributed by atoms with Crippen molar-refractivity contribution >= 4 is 5.78 Å². The molecule has 2 aliphatic heterocycles. The molecular weight excluding hydrogens is 292 g/mol. The minimum absolute atomic E-state index is 0.0435. The molecule has 0 saturated heterocycles. The first-order valence-corrected chi connectivity index (χ1v) is 7.37. The number of fused-ring (bicyclic) bond motifs is 1. The summed E-state index contributed by atoms with van der Waals surface area (Å²) in [5, 5.41) is 8.93. The molecule has 23 heavy (non-hydrogen) atoms. The maximum Gasteiger partial charge on any atom is 0.210 e. The number of carbonyl (C=O) groups is 1. The van der Waals surface area contributed by atoms with E-state index in [-0.39, 0.29) is 16.8 Å². The Labute approximate surface area is 135 Å². The monoisotopic (exact) mass is 312 g/mol. The summed E-state index contributed by atoms with van der Waals surface area (Å²) in [4.78, 5) is 22.9. The second-order valence-electron chi connectivity index (χ2n) is 6.57. The highest BCUT2D eigenvalue weighted by atomic mass is 16.5. The number of aromatic nitrogens is 3. The van der Waals surface area contributed by atoms with E-state index < -0.39 is 0 Å². The van der Waals surface area contributed by atoms with Crippen LogP contribution in [0.2, 0.25) is 0 Å². The minimum atomic E-state index is -0.243. The molecule has 1 N–H and O–H groups in total. The van der Waals surface area contributed by atoms with Crippen molar-refractivity contribution in [1.82, 2.24) is 15.0 Å². The zero-order valence-corrected chi connectivity index (χ0v) is 13.8. The maximum atomic E-state index is 11.3. The molecule has 2 aliphatic rings. The third-order valence-electron chi connectivity index (χ3n) is 3.13. The summed E-state index contributed by atoms with van der Waals surface area (Å²) >= 11 is 0. The molecule has 2 rings (SSSR count). The third-order valence-corrected chi connectivity index (χ3v) is 3.13. The summed E-state index contributed by atoms with van der Waals surface area (Å²) < 4.78 is 5.72. The van der Waals surface area contributed by atoms with E-state index in [9.17, 15) is 4.79 Å². The molecule has 0 saturated carbocycles. The van der Waals surface area contributed by atoms with E-state index in [0.29, 0.717) is 24.7 Å². The number of allylic oxidation sites excluding steroid dienone is 2. The van der Waals surface area contributed by atoms with Gasteiger partial charge in [0, 0.05) is 11.8 Å². The summed E-state index contributed by atoms with van der Waals surface area (Å²) in [7, 11) is 0. The lowest BCUT2D eigenvalue weighted by atomic mass is 9.99. The van der Waals surface area contributed by atoms with Crippen molar-refractivity contribution in [2.24, 2.45) is 5.41 Å². The van der Waals surface area contributed by atoms with Crippen LogP contribution in [0.3, 0.4) is 0 Å². The SMILES string of the molecule is CC(=O)C(C#N)=CCc1cnc2ncc(OCC(C)(C)C)[nH]c1-2. The Morgan fingerprint density at radius 3 is 2.70 bits per heavy atom. The summed E-state index contributed by atoms with van der Waals surface area (Å²) in [6, 6.07) is 1.90. The number of nitriles is 1. The van der Waals surface area contributed by atoms with E-state index >= 15 is 0 Å². The predicted octanol–water partition coefficient (Wildman–Crippen LogP) is 2.92. The summed E-state index contributed by atoms with van der Waals surface area (Å²) in [5.41, 5.74) is 1.81. The number of H-pyrrole nitrogens is 1. The van der Waals surface area contributed by atoms with E-state index in [0.717, 1.165) is 11.3 Å². The molecule has 0 unspecified atom stereocenters.